The van der Waals surface area contributed by atoms with Gasteiger partial charge in [0.15, 0.2) is 0 Å². The van der Waals surface area contributed by atoms with Gasteiger partial charge in [-0.25, -0.2) is 4.79 Å². The second-order valence-corrected chi connectivity index (χ2v) is 7.11. The van der Waals surface area contributed by atoms with Crippen LogP contribution in [0.1, 0.15) is 24.0 Å². The zero-order valence-corrected chi connectivity index (χ0v) is 15.4. The first-order chi connectivity index (χ1) is 13.6. The van der Waals surface area contributed by atoms with E-state index in [1.54, 1.807) is 24.3 Å². The average molecular weight is 379 g/mol. The van der Waals surface area contributed by atoms with Crippen LogP contribution < -0.4 is 4.74 Å². The molecule has 0 N–H and O–H groups in total. The van der Waals surface area contributed by atoms with E-state index >= 15 is 0 Å². The van der Waals surface area contributed by atoms with Crippen LogP contribution >= 0.6 is 0 Å². The minimum absolute atomic E-state index is 0.0385. The van der Waals surface area contributed by atoms with Gasteiger partial charge in [-0.05, 0) is 30.5 Å². The van der Waals surface area contributed by atoms with Crippen LogP contribution in [0.3, 0.4) is 0 Å². The van der Waals surface area contributed by atoms with E-state index in [9.17, 15) is 14.9 Å². The summed E-state index contributed by atoms with van der Waals surface area (Å²) in [5.74, 6) is -0.533. The van der Waals surface area contributed by atoms with E-state index in [1.807, 2.05) is 18.2 Å². The molecule has 2 aromatic rings. The van der Waals surface area contributed by atoms with Gasteiger partial charge in [-0.3, -0.25) is 20.0 Å². The van der Waals surface area contributed by atoms with Crippen LogP contribution in [0.15, 0.2) is 59.6 Å². The molecule has 0 bridgehead atoms. The molecule has 2 heterocycles. The molecule has 28 heavy (non-hydrogen) atoms. The maximum Gasteiger partial charge on any atom is 0.393 e. The quantitative estimate of drug-likeness (QED) is 0.353. The van der Waals surface area contributed by atoms with Gasteiger partial charge in [-0.1, -0.05) is 42.5 Å². The summed E-state index contributed by atoms with van der Waals surface area (Å²) < 4.78 is 5.14. The number of esters is 1. The largest absolute Gasteiger partial charge is 0.420 e. The Morgan fingerprint density at radius 1 is 1.07 bits per heavy atom. The second-order valence-electron chi connectivity index (χ2n) is 7.11. The van der Waals surface area contributed by atoms with E-state index in [-0.39, 0.29) is 11.8 Å². The Bertz CT molecular complexity index is 905. The van der Waals surface area contributed by atoms with Crippen molar-refractivity contribution in [3.8, 4) is 5.75 Å². The number of hydrogen-bond acceptors (Lipinski definition) is 6. The fraction of sp³-hybridized carbons (Fsp3) is 0.333. The maximum atomic E-state index is 12.2. The summed E-state index contributed by atoms with van der Waals surface area (Å²) in [4.78, 5) is 30.1. The lowest BCUT2D eigenvalue weighted by molar-refractivity contribution is -0.491. The van der Waals surface area contributed by atoms with E-state index in [0.717, 1.165) is 32.5 Å². The number of carbonyl (C=O) groups is 1. The number of nitrogens with zero attached hydrogens (tertiary/aromatic N) is 3. The highest BCUT2D eigenvalue weighted by Gasteiger charge is 2.44. The van der Waals surface area contributed by atoms with Crippen molar-refractivity contribution in [3.05, 3.63) is 75.8 Å². The molecule has 1 saturated heterocycles. The van der Waals surface area contributed by atoms with Crippen molar-refractivity contribution in [2.75, 3.05) is 13.1 Å². The van der Waals surface area contributed by atoms with E-state index in [1.165, 1.54) is 5.56 Å². The van der Waals surface area contributed by atoms with Gasteiger partial charge in [0, 0.05) is 30.1 Å². The predicted octanol–water partition coefficient (Wildman–Crippen LogP) is 2.70. The van der Waals surface area contributed by atoms with Crippen molar-refractivity contribution < 1.29 is 14.5 Å². The number of para-hydroxylation sites is 1. The smallest absolute Gasteiger partial charge is 0.393 e. The zero-order chi connectivity index (χ0) is 19.5. The summed E-state index contributed by atoms with van der Waals surface area (Å²) in [5, 5.41) is 11.5. The van der Waals surface area contributed by atoms with Crippen molar-refractivity contribution in [3.63, 3.8) is 0 Å². The summed E-state index contributed by atoms with van der Waals surface area (Å²) in [6, 6.07) is 15.6. The monoisotopic (exact) mass is 379 g/mol. The van der Waals surface area contributed by atoms with Crippen molar-refractivity contribution in [2.24, 2.45) is 4.99 Å². The third kappa shape index (κ3) is 3.80. The lowest BCUT2D eigenvalue weighted by Gasteiger charge is -2.31. The lowest BCUT2D eigenvalue weighted by atomic mass is 9.98. The third-order valence-corrected chi connectivity index (χ3v) is 5.19. The number of nitro groups is 1. The molecule has 0 radical (unpaired) electrons. The topological polar surface area (TPSA) is 85.0 Å². The van der Waals surface area contributed by atoms with Gasteiger partial charge < -0.3 is 4.74 Å². The summed E-state index contributed by atoms with van der Waals surface area (Å²) in [6.45, 7) is 2.62. The molecule has 1 fully saturated rings. The highest BCUT2D eigenvalue weighted by Crippen LogP contribution is 2.28. The molecule has 0 aliphatic carbocycles. The van der Waals surface area contributed by atoms with Gasteiger partial charge in [0.25, 0.3) is 0 Å². The molecule has 0 spiro atoms. The molecule has 7 nitrogen and oxygen atoms in total. The number of piperidine rings is 1. The molecule has 0 aromatic heterocycles. The Hall–Kier alpha value is -3.06. The normalized spacial score (nSPS) is 21.9. The predicted molar refractivity (Wildman–Crippen MR) is 104 cm³/mol. The lowest BCUT2D eigenvalue weighted by Crippen LogP contribution is -2.45. The first-order valence-corrected chi connectivity index (χ1v) is 9.40. The van der Waals surface area contributed by atoms with Crippen molar-refractivity contribution in [2.45, 2.75) is 31.5 Å². The Kier molecular flexibility index (Phi) is 5.16. The minimum atomic E-state index is -1.56. The van der Waals surface area contributed by atoms with E-state index in [4.69, 9.17) is 4.74 Å². The number of ether oxygens (including phenoxy) is 1. The van der Waals surface area contributed by atoms with E-state index in [0.29, 0.717) is 11.3 Å². The maximum absolute atomic E-state index is 12.2. The molecule has 0 saturated carbocycles. The first-order valence-electron chi connectivity index (χ1n) is 9.40. The van der Waals surface area contributed by atoms with Crippen LogP contribution in [0.25, 0.3) is 0 Å². The Labute approximate surface area is 162 Å². The average Bonchev–Trinajstić information content (AvgIpc) is 2.70. The van der Waals surface area contributed by atoms with E-state index < -0.39 is 16.9 Å². The molecule has 2 aliphatic rings. The van der Waals surface area contributed by atoms with Crippen molar-refractivity contribution in [1.29, 1.82) is 0 Å². The fourth-order valence-electron chi connectivity index (χ4n) is 3.76. The van der Waals surface area contributed by atoms with E-state index in [2.05, 4.69) is 22.0 Å². The molecular formula is C21H21N3O4. The number of benzene rings is 2. The number of carbonyl (C=O) groups excluding carboxylic acids is 1. The highest BCUT2D eigenvalue weighted by molar-refractivity contribution is 6.18. The molecule has 7 heteroatoms. The highest BCUT2D eigenvalue weighted by atomic mass is 16.6. The van der Waals surface area contributed by atoms with Crippen LogP contribution in [0.5, 0.6) is 5.75 Å². The number of rotatable bonds is 4. The molecule has 2 aliphatic heterocycles. The molecule has 4 rings (SSSR count). The Morgan fingerprint density at radius 2 is 1.75 bits per heavy atom. The third-order valence-electron chi connectivity index (χ3n) is 5.19. The van der Waals surface area contributed by atoms with Gasteiger partial charge in [0.2, 0.25) is 0 Å². The molecule has 2 aromatic carbocycles. The Balaban J connectivity index is 1.51. The van der Waals surface area contributed by atoms with Crippen molar-refractivity contribution >= 4 is 11.7 Å². The summed E-state index contributed by atoms with van der Waals surface area (Å²) >= 11 is 0. The van der Waals surface area contributed by atoms with Gasteiger partial charge in [-0.2, -0.15) is 0 Å². The van der Waals surface area contributed by atoms with Gasteiger partial charge >= 0.3 is 12.0 Å². The van der Waals surface area contributed by atoms with Crippen LogP contribution in [-0.2, 0) is 11.3 Å². The second kappa shape index (κ2) is 7.90. The number of likely N-dealkylation sites (tertiary alicyclic amines) is 1. The molecular weight excluding hydrogens is 358 g/mol. The number of hydrogen-bond donors (Lipinski definition) is 0. The van der Waals surface area contributed by atoms with Gasteiger partial charge in [-0.15, -0.1) is 0 Å². The fourth-order valence-corrected chi connectivity index (χ4v) is 3.76. The first kappa shape index (κ1) is 18.3. The molecule has 0 amide bonds. The summed E-state index contributed by atoms with van der Waals surface area (Å²) in [7, 11) is 0. The SMILES string of the molecule is O=C1Oc2ccccc2C(=NC2CCN(Cc3ccccc3)CC2)C1[N+](=O)[O-]. The number of fused-ring (bicyclic) bond motifs is 1. The van der Waals surface area contributed by atoms with Crippen molar-refractivity contribution in [1.82, 2.24) is 4.90 Å². The molecule has 1 unspecified atom stereocenters. The van der Waals surface area contributed by atoms with Crippen LogP contribution in [0.2, 0.25) is 0 Å². The minimum Gasteiger partial charge on any atom is -0.420 e. The Morgan fingerprint density at radius 3 is 2.46 bits per heavy atom. The molecule has 1 atom stereocenters. The van der Waals surface area contributed by atoms with Gasteiger partial charge in [0.05, 0.1) is 6.04 Å². The van der Waals surface area contributed by atoms with Gasteiger partial charge in [0.1, 0.15) is 11.5 Å². The van der Waals surface area contributed by atoms with Crippen LogP contribution in [-0.4, -0.2) is 46.7 Å². The summed E-state index contributed by atoms with van der Waals surface area (Å²) in [6.07, 6.45) is 1.61. The van der Waals surface area contributed by atoms with Crippen LogP contribution in [0, 0.1) is 10.1 Å². The standard InChI is InChI=1S/C21H21N3O4/c25-21-20(24(26)27)19(17-8-4-5-9-18(17)28-21)22-16-10-12-23(13-11-16)14-15-6-2-1-3-7-15/h1-9,16,20H,10-14H2. The number of aliphatic imine (C=N–C) groups is 1. The molecule has 144 valence electrons. The van der Waals surface area contributed by atoms with Crippen LogP contribution in [0.4, 0.5) is 0 Å². The zero-order valence-electron chi connectivity index (χ0n) is 15.4. The summed E-state index contributed by atoms with van der Waals surface area (Å²) in [5.41, 5.74) is 2.03.